The molecule has 0 unspecified atom stereocenters. The van der Waals surface area contributed by atoms with E-state index in [2.05, 4.69) is 0 Å². The third-order valence-electron chi connectivity index (χ3n) is 0.895. The zero-order valence-corrected chi connectivity index (χ0v) is 7.56. The van der Waals surface area contributed by atoms with Crippen LogP contribution < -0.4 is 5.73 Å². The molecule has 0 saturated carbocycles. The lowest BCUT2D eigenvalue weighted by molar-refractivity contribution is 0.175. The fourth-order valence-corrected chi connectivity index (χ4v) is 1.04. The molecule has 0 aliphatic heterocycles. The molecule has 0 radical (unpaired) electrons. The number of hydrogen-bond acceptors (Lipinski definition) is 3. The summed E-state index contributed by atoms with van der Waals surface area (Å²) in [6.07, 6.45) is 1.23. The van der Waals surface area contributed by atoms with Crippen LogP contribution in [-0.4, -0.2) is 32.8 Å². The Hall–Kier alpha value is 0.150. The van der Waals surface area contributed by atoms with Gasteiger partial charge in [-0.05, 0) is 26.3 Å². The summed E-state index contributed by atoms with van der Waals surface area (Å²) in [5.74, 6) is 0. The zero-order chi connectivity index (χ0) is 8.04. The maximum Gasteiger partial charge on any atom is 0.106 e. The SMILES string of the molecule is CP(C)(=O)COCCCN. The zero-order valence-electron chi connectivity index (χ0n) is 6.67. The highest BCUT2D eigenvalue weighted by atomic mass is 31.2. The van der Waals surface area contributed by atoms with Crippen molar-refractivity contribution in [3.8, 4) is 0 Å². The van der Waals surface area contributed by atoms with E-state index in [1.165, 1.54) is 0 Å². The second-order valence-corrected chi connectivity index (χ2v) is 6.16. The van der Waals surface area contributed by atoms with Crippen LogP contribution in [0.3, 0.4) is 0 Å². The van der Waals surface area contributed by atoms with Gasteiger partial charge in [-0.2, -0.15) is 0 Å². The van der Waals surface area contributed by atoms with Crippen molar-refractivity contribution < 1.29 is 9.30 Å². The van der Waals surface area contributed by atoms with Gasteiger partial charge in [-0.15, -0.1) is 0 Å². The average Bonchev–Trinajstić information content (AvgIpc) is 1.78. The summed E-state index contributed by atoms with van der Waals surface area (Å²) in [6, 6.07) is 0. The van der Waals surface area contributed by atoms with Crippen molar-refractivity contribution in [3.63, 3.8) is 0 Å². The van der Waals surface area contributed by atoms with E-state index >= 15 is 0 Å². The van der Waals surface area contributed by atoms with Crippen molar-refractivity contribution in [3.05, 3.63) is 0 Å². The largest absolute Gasteiger partial charge is 0.374 e. The maximum absolute atomic E-state index is 11.0. The van der Waals surface area contributed by atoms with Gasteiger partial charge in [0, 0.05) is 6.61 Å². The van der Waals surface area contributed by atoms with E-state index in [1.54, 1.807) is 13.3 Å². The van der Waals surface area contributed by atoms with Crippen LogP contribution in [0.5, 0.6) is 0 Å². The fraction of sp³-hybridized carbons (Fsp3) is 1.00. The Labute approximate surface area is 62.3 Å². The molecule has 0 aromatic rings. The molecule has 0 aromatic heterocycles. The van der Waals surface area contributed by atoms with Gasteiger partial charge in [0.15, 0.2) is 0 Å². The monoisotopic (exact) mass is 165 g/mol. The predicted octanol–water partition coefficient (Wildman–Crippen LogP) is 0.932. The highest BCUT2D eigenvalue weighted by Gasteiger charge is 2.05. The topological polar surface area (TPSA) is 52.3 Å². The first-order chi connectivity index (χ1) is 4.56. The van der Waals surface area contributed by atoms with Crippen LogP contribution in [-0.2, 0) is 9.30 Å². The molecular weight excluding hydrogens is 149 g/mol. The van der Waals surface area contributed by atoms with Crippen LogP contribution in [0, 0.1) is 0 Å². The first-order valence-corrected chi connectivity index (χ1v) is 6.17. The Morgan fingerprint density at radius 2 is 2.10 bits per heavy atom. The summed E-state index contributed by atoms with van der Waals surface area (Å²) in [6.45, 7) is 4.70. The second-order valence-electron chi connectivity index (χ2n) is 2.75. The Morgan fingerprint density at radius 3 is 2.50 bits per heavy atom. The molecule has 0 saturated heterocycles. The smallest absolute Gasteiger partial charge is 0.106 e. The minimum atomic E-state index is -1.97. The third-order valence-corrected chi connectivity index (χ3v) is 1.70. The Morgan fingerprint density at radius 1 is 1.50 bits per heavy atom. The lowest BCUT2D eigenvalue weighted by Crippen LogP contribution is -2.04. The van der Waals surface area contributed by atoms with E-state index in [4.69, 9.17) is 10.5 Å². The molecule has 0 aliphatic rings. The molecule has 4 heteroatoms. The standard InChI is InChI=1S/C6H16NO2P/c1-10(2,8)6-9-5-3-4-7/h3-7H2,1-2H3. The predicted molar refractivity (Wildman–Crippen MR) is 43.9 cm³/mol. The van der Waals surface area contributed by atoms with Crippen molar-refractivity contribution in [2.75, 3.05) is 32.8 Å². The Kier molecular flexibility index (Phi) is 4.96. The number of nitrogens with two attached hydrogens (primary N) is 1. The first kappa shape index (κ1) is 10.2. The summed E-state index contributed by atoms with van der Waals surface area (Å²) < 4.78 is 16.1. The van der Waals surface area contributed by atoms with Crippen molar-refractivity contribution >= 4 is 7.14 Å². The number of hydrogen-bond donors (Lipinski definition) is 1. The summed E-state index contributed by atoms with van der Waals surface area (Å²) in [5.41, 5.74) is 5.23. The van der Waals surface area contributed by atoms with Crippen molar-refractivity contribution in [2.24, 2.45) is 5.73 Å². The molecule has 0 atom stereocenters. The Balaban J connectivity index is 3.13. The van der Waals surface area contributed by atoms with Crippen LogP contribution in [0.15, 0.2) is 0 Å². The van der Waals surface area contributed by atoms with Crippen LogP contribution in [0.4, 0.5) is 0 Å². The van der Waals surface area contributed by atoms with E-state index in [-0.39, 0.29) is 0 Å². The molecule has 0 bridgehead atoms. The average molecular weight is 165 g/mol. The van der Waals surface area contributed by atoms with Crippen molar-refractivity contribution in [2.45, 2.75) is 6.42 Å². The van der Waals surface area contributed by atoms with Crippen LogP contribution in [0.2, 0.25) is 0 Å². The lowest BCUT2D eigenvalue weighted by atomic mass is 10.5. The molecule has 0 aromatic carbocycles. The molecule has 10 heavy (non-hydrogen) atoms. The summed E-state index contributed by atoms with van der Waals surface area (Å²) >= 11 is 0. The van der Waals surface area contributed by atoms with E-state index in [9.17, 15) is 4.57 Å². The van der Waals surface area contributed by atoms with Gasteiger partial charge in [-0.25, -0.2) is 0 Å². The van der Waals surface area contributed by atoms with Crippen LogP contribution in [0.25, 0.3) is 0 Å². The quantitative estimate of drug-likeness (QED) is 0.487. The van der Waals surface area contributed by atoms with Crippen molar-refractivity contribution in [1.82, 2.24) is 0 Å². The number of rotatable bonds is 5. The number of ether oxygens (including phenoxy) is 1. The minimum absolute atomic E-state index is 0.382. The first-order valence-electron chi connectivity index (χ1n) is 3.38. The van der Waals surface area contributed by atoms with Crippen LogP contribution in [0.1, 0.15) is 6.42 Å². The lowest BCUT2D eigenvalue weighted by Gasteiger charge is -2.06. The van der Waals surface area contributed by atoms with E-state index in [0.717, 1.165) is 6.42 Å². The highest BCUT2D eigenvalue weighted by molar-refractivity contribution is 7.62. The normalized spacial score (nSPS) is 11.9. The van der Waals surface area contributed by atoms with Gasteiger partial charge in [0.1, 0.15) is 7.14 Å². The highest BCUT2D eigenvalue weighted by Crippen LogP contribution is 2.35. The molecule has 0 aliphatic carbocycles. The van der Waals surface area contributed by atoms with E-state index < -0.39 is 7.14 Å². The van der Waals surface area contributed by atoms with E-state index in [0.29, 0.717) is 19.5 Å². The molecule has 0 fully saturated rings. The maximum atomic E-state index is 11.0. The molecule has 0 rings (SSSR count). The molecule has 3 nitrogen and oxygen atoms in total. The molecule has 2 N–H and O–H groups in total. The van der Waals surface area contributed by atoms with Gasteiger partial charge in [-0.1, -0.05) is 0 Å². The van der Waals surface area contributed by atoms with Gasteiger partial charge in [0.2, 0.25) is 0 Å². The molecule has 62 valence electrons. The molecule has 0 heterocycles. The molecular formula is C6H16NO2P. The summed E-state index contributed by atoms with van der Waals surface area (Å²) in [7, 11) is -1.97. The molecule has 0 amide bonds. The van der Waals surface area contributed by atoms with Gasteiger partial charge in [-0.3, -0.25) is 0 Å². The van der Waals surface area contributed by atoms with Crippen LogP contribution >= 0.6 is 7.14 Å². The van der Waals surface area contributed by atoms with Gasteiger partial charge in [0.25, 0.3) is 0 Å². The minimum Gasteiger partial charge on any atom is -0.374 e. The summed E-state index contributed by atoms with van der Waals surface area (Å²) in [4.78, 5) is 0. The van der Waals surface area contributed by atoms with Gasteiger partial charge < -0.3 is 15.0 Å². The van der Waals surface area contributed by atoms with Gasteiger partial charge in [0.05, 0.1) is 6.35 Å². The summed E-state index contributed by atoms with van der Waals surface area (Å²) in [5, 5.41) is 0. The van der Waals surface area contributed by atoms with Gasteiger partial charge >= 0.3 is 0 Å². The fourth-order valence-electron chi connectivity index (χ4n) is 0.470. The third kappa shape index (κ3) is 8.15. The second kappa shape index (κ2) is 4.89. The molecule has 0 spiro atoms. The Bertz CT molecular complexity index is 121. The van der Waals surface area contributed by atoms with E-state index in [1.807, 2.05) is 0 Å². The van der Waals surface area contributed by atoms with Crippen molar-refractivity contribution in [1.29, 1.82) is 0 Å².